The van der Waals surface area contributed by atoms with Crippen molar-refractivity contribution in [1.82, 2.24) is 20.9 Å². The molecule has 168 valence electrons. The third kappa shape index (κ3) is 5.81. The Hall–Kier alpha value is -2.95. The van der Waals surface area contributed by atoms with Gasteiger partial charge >= 0.3 is 18.0 Å². The predicted molar refractivity (Wildman–Crippen MR) is 111 cm³/mol. The maximum atomic E-state index is 12.7. The average Bonchev–Trinajstić information content (AvgIpc) is 3.32. The first-order valence-corrected chi connectivity index (χ1v) is 11.1. The molecular formula is C20H26N4O6S. The number of esters is 1. The van der Waals surface area contributed by atoms with Gasteiger partial charge in [-0.05, 0) is 49.5 Å². The molecule has 31 heavy (non-hydrogen) atoms. The molecule has 0 aromatic carbocycles. The van der Waals surface area contributed by atoms with Crippen LogP contribution in [0.3, 0.4) is 0 Å². The van der Waals surface area contributed by atoms with Crippen LogP contribution in [-0.4, -0.2) is 60.0 Å². The molecule has 3 N–H and O–H groups in total. The van der Waals surface area contributed by atoms with Crippen LogP contribution in [0, 0.1) is 5.92 Å². The zero-order valence-corrected chi connectivity index (χ0v) is 18.1. The second-order valence-electron chi connectivity index (χ2n) is 7.88. The molecule has 2 heterocycles. The Labute approximate surface area is 183 Å². The van der Waals surface area contributed by atoms with E-state index < -0.39 is 48.5 Å². The van der Waals surface area contributed by atoms with Gasteiger partial charge in [0, 0.05) is 11.4 Å². The van der Waals surface area contributed by atoms with E-state index >= 15 is 0 Å². The third-order valence-electron chi connectivity index (χ3n) is 5.52. The van der Waals surface area contributed by atoms with E-state index in [1.165, 1.54) is 0 Å². The normalized spacial score (nSPS) is 22.9. The number of amides is 6. The minimum atomic E-state index is -0.942. The number of rotatable bonds is 7. The topological polar surface area (TPSA) is 134 Å². The Morgan fingerprint density at radius 3 is 2.71 bits per heavy atom. The zero-order chi connectivity index (χ0) is 22.4. The average molecular weight is 451 g/mol. The summed E-state index contributed by atoms with van der Waals surface area (Å²) in [6, 6.07) is 2.52. The van der Waals surface area contributed by atoms with Crippen LogP contribution in [0.2, 0.25) is 0 Å². The molecule has 3 rings (SSSR count). The molecular weight excluding hydrogens is 424 g/mol. The highest BCUT2D eigenvalue weighted by Crippen LogP contribution is 2.36. The number of hydrogen-bond donors (Lipinski definition) is 3. The summed E-state index contributed by atoms with van der Waals surface area (Å²) >= 11 is 1.57. The molecule has 1 aliphatic heterocycles. The first kappa shape index (κ1) is 22.7. The van der Waals surface area contributed by atoms with Gasteiger partial charge < -0.3 is 15.4 Å². The van der Waals surface area contributed by atoms with Crippen LogP contribution in [0.15, 0.2) is 17.5 Å². The van der Waals surface area contributed by atoms with E-state index in [1.54, 1.807) is 11.3 Å². The van der Waals surface area contributed by atoms with E-state index in [4.69, 9.17) is 4.74 Å². The molecule has 2 aliphatic rings. The molecule has 0 radical (unpaired) electrons. The van der Waals surface area contributed by atoms with Gasteiger partial charge in [-0.2, -0.15) is 0 Å². The summed E-state index contributed by atoms with van der Waals surface area (Å²) in [5, 5.41) is 9.24. The number of ether oxygens (including phenoxy) is 1. The van der Waals surface area contributed by atoms with Gasteiger partial charge in [0.25, 0.3) is 11.8 Å². The van der Waals surface area contributed by atoms with Crippen molar-refractivity contribution in [2.75, 3.05) is 19.7 Å². The van der Waals surface area contributed by atoms with Crippen LogP contribution < -0.4 is 16.0 Å². The number of hydrogen-bond acceptors (Lipinski definition) is 7. The van der Waals surface area contributed by atoms with Gasteiger partial charge in [-0.1, -0.05) is 13.0 Å². The number of carbonyl (C=O) groups excluding carboxylic acids is 5. The van der Waals surface area contributed by atoms with E-state index in [2.05, 4.69) is 22.9 Å². The smallest absolute Gasteiger partial charge is 0.326 e. The fourth-order valence-electron chi connectivity index (χ4n) is 3.70. The molecule has 1 spiro atoms. The number of nitrogens with zero attached hydrogens (tertiary/aromatic N) is 1. The van der Waals surface area contributed by atoms with Crippen molar-refractivity contribution in [3.8, 4) is 0 Å². The first-order chi connectivity index (χ1) is 14.8. The van der Waals surface area contributed by atoms with Crippen molar-refractivity contribution in [3.05, 3.63) is 22.4 Å². The maximum Gasteiger partial charge on any atom is 0.326 e. The highest BCUT2D eigenvalue weighted by molar-refractivity contribution is 7.09. The minimum Gasteiger partial charge on any atom is -0.454 e. The number of urea groups is 2. The number of nitrogens with one attached hydrogen (secondary N) is 3. The maximum absolute atomic E-state index is 12.7. The summed E-state index contributed by atoms with van der Waals surface area (Å²) in [5.41, 5.74) is -0.942. The van der Waals surface area contributed by atoms with Gasteiger partial charge in [-0.25, -0.2) is 9.59 Å². The van der Waals surface area contributed by atoms with Gasteiger partial charge in [0.1, 0.15) is 12.1 Å². The summed E-state index contributed by atoms with van der Waals surface area (Å²) in [5.74, 6) is -1.66. The molecule has 1 saturated carbocycles. The van der Waals surface area contributed by atoms with Crippen molar-refractivity contribution >= 4 is 41.2 Å². The Morgan fingerprint density at radius 2 is 2.03 bits per heavy atom. The fourth-order valence-corrected chi connectivity index (χ4v) is 4.40. The Balaban J connectivity index is 1.37. The monoisotopic (exact) mass is 450 g/mol. The molecule has 2 fully saturated rings. The number of carbonyl (C=O) groups is 5. The lowest BCUT2D eigenvalue weighted by Crippen LogP contribution is -2.49. The lowest BCUT2D eigenvalue weighted by atomic mass is 9.77. The van der Waals surface area contributed by atoms with Crippen LogP contribution >= 0.6 is 11.3 Å². The van der Waals surface area contributed by atoms with Gasteiger partial charge in [-0.15, -0.1) is 11.3 Å². The summed E-state index contributed by atoms with van der Waals surface area (Å²) < 4.78 is 4.82. The molecule has 1 aromatic heterocycles. The first-order valence-electron chi connectivity index (χ1n) is 10.2. The van der Waals surface area contributed by atoms with Crippen LogP contribution in [0.1, 0.15) is 37.5 Å². The standard InChI is InChI=1S/C20H26N4O6S/c1-13-4-7-20(8-5-13)17(27)24(19(29)23-20)11-16(26)30-12-15(25)22-18(28)21-9-6-14-3-2-10-31-14/h2-3,10,13H,4-9,11-12H2,1H3,(H,23,29)(H2,21,22,25,28). The molecule has 1 aromatic rings. The highest BCUT2D eigenvalue weighted by Gasteiger charge is 2.52. The van der Waals surface area contributed by atoms with Gasteiger partial charge in [-0.3, -0.25) is 24.6 Å². The fraction of sp³-hybridized carbons (Fsp3) is 0.550. The van der Waals surface area contributed by atoms with E-state index in [1.807, 2.05) is 17.5 Å². The number of imide groups is 2. The number of thiophene rings is 1. The molecule has 11 heteroatoms. The van der Waals surface area contributed by atoms with E-state index in [9.17, 15) is 24.0 Å². The van der Waals surface area contributed by atoms with Crippen LogP contribution in [-0.2, 0) is 25.5 Å². The third-order valence-corrected chi connectivity index (χ3v) is 6.45. The lowest BCUT2D eigenvalue weighted by molar-refractivity contribution is -0.151. The van der Waals surface area contributed by atoms with E-state index in [0.717, 1.165) is 22.6 Å². The van der Waals surface area contributed by atoms with Crippen LogP contribution in [0.4, 0.5) is 9.59 Å². The predicted octanol–water partition coefficient (Wildman–Crippen LogP) is 1.16. The molecule has 10 nitrogen and oxygen atoms in total. The molecule has 0 unspecified atom stereocenters. The Bertz CT molecular complexity index is 848. The molecule has 0 atom stereocenters. The van der Waals surface area contributed by atoms with Crippen molar-refractivity contribution in [2.24, 2.45) is 5.92 Å². The Kier molecular flexibility index (Phi) is 7.26. The van der Waals surface area contributed by atoms with E-state index in [-0.39, 0.29) is 0 Å². The molecule has 6 amide bonds. The van der Waals surface area contributed by atoms with Gasteiger partial charge in [0.2, 0.25) is 0 Å². The quantitative estimate of drug-likeness (QED) is 0.422. The summed E-state index contributed by atoms with van der Waals surface area (Å²) in [4.78, 5) is 62.3. The summed E-state index contributed by atoms with van der Waals surface area (Å²) in [6.45, 7) is 1.18. The zero-order valence-electron chi connectivity index (χ0n) is 17.3. The van der Waals surface area contributed by atoms with Crippen molar-refractivity contribution in [3.63, 3.8) is 0 Å². The molecule has 1 saturated heterocycles. The minimum absolute atomic E-state index is 0.353. The lowest BCUT2D eigenvalue weighted by Gasteiger charge is -2.33. The van der Waals surface area contributed by atoms with Crippen LogP contribution in [0.5, 0.6) is 0 Å². The van der Waals surface area contributed by atoms with Crippen molar-refractivity contribution in [2.45, 2.75) is 44.6 Å². The summed E-state index contributed by atoms with van der Waals surface area (Å²) in [7, 11) is 0. The van der Waals surface area contributed by atoms with Crippen LogP contribution in [0.25, 0.3) is 0 Å². The SMILES string of the molecule is CC1CCC2(CC1)NC(=O)N(CC(=O)OCC(=O)NC(=O)NCCc1cccs1)C2=O. The molecule has 0 bridgehead atoms. The van der Waals surface area contributed by atoms with Crippen molar-refractivity contribution < 1.29 is 28.7 Å². The largest absolute Gasteiger partial charge is 0.454 e. The summed E-state index contributed by atoms with van der Waals surface area (Å²) in [6.07, 6.45) is 3.35. The van der Waals surface area contributed by atoms with Gasteiger partial charge in [0.15, 0.2) is 6.61 Å². The van der Waals surface area contributed by atoms with Crippen molar-refractivity contribution in [1.29, 1.82) is 0 Å². The second kappa shape index (κ2) is 9.90. The highest BCUT2D eigenvalue weighted by atomic mass is 32.1. The van der Waals surface area contributed by atoms with Gasteiger partial charge in [0.05, 0.1) is 0 Å². The van der Waals surface area contributed by atoms with E-state index in [0.29, 0.717) is 31.7 Å². The molecule has 1 aliphatic carbocycles. The second-order valence-corrected chi connectivity index (χ2v) is 8.91. The Morgan fingerprint density at radius 1 is 1.29 bits per heavy atom.